The first-order valence-corrected chi connectivity index (χ1v) is 8.27. The van der Waals surface area contributed by atoms with E-state index in [0.29, 0.717) is 18.2 Å². The normalized spacial score (nSPS) is 11.0. The fourth-order valence-electron chi connectivity index (χ4n) is 2.28. The maximum absolute atomic E-state index is 12.1. The Bertz CT molecular complexity index is 679. The first-order valence-electron chi connectivity index (χ1n) is 7.89. The first kappa shape index (κ1) is 18.1. The molecular formula is C19H23ClN2O2. The van der Waals surface area contributed by atoms with Gasteiger partial charge in [0.1, 0.15) is 12.4 Å². The number of rotatable bonds is 5. The minimum Gasteiger partial charge on any atom is -0.492 e. The summed E-state index contributed by atoms with van der Waals surface area (Å²) in [6.45, 7) is 7.14. The van der Waals surface area contributed by atoms with Crippen LogP contribution in [0.4, 0.5) is 10.5 Å². The third kappa shape index (κ3) is 5.46. The van der Waals surface area contributed by atoms with Gasteiger partial charge in [-0.05, 0) is 41.3 Å². The van der Waals surface area contributed by atoms with Gasteiger partial charge in [0.15, 0.2) is 0 Å². The zero-order valence-electron chi connectivity index (χ0n) is 14.2. The van der Waals surface area contributed by atoms with E-state index in [2.05, 4.69) is 31.4 Å². The van der Waals surface area contributed by atoms with Gasteiger partial charge in [0.25, 0.3) is 0 Å². The van der Waals surface area contributed by atoms with Crippen molar-refractivity contribution < 1.29 is 9.53 Å². The molecule has 2 amide bonds. The number of ether oxygens (including phenoxy) is 1. The number of halogens is 1. The maximum Gasteiger partial charge on any atom is 0.319 e. The van der Waals surface area contributed by atoms with E-state index in [1.54, 1.807) is 24.3 Å². The molecule has 0 bridgehead atoms. The highest BCUT2D eigenvalue weighted by atomic mass is 35.5. The molecule has 2 aromatic rings. The quantitative estimate of drug-likeness (QED) is 0.761. The summed E-state index contributed by atoms with van der Waals surface area (Å²) in [6.07, 6.45) is 0. The Morgan fingerprint density at radius 2 is 1.75 bits per heavy atom. The predicted molar refractivity (Wildman–Crippen MR) is 99.1 cm³/mol. The van der Waals surface area contributed by atoms with Crippen molar-refractivity contribution in [2.75, 3.05) is 18.5 Å². The number of hydrogen-bond acceptors (Lipinski definition) is 2. The molecule has 2 N–H and O–H groups in total. The van der Waals surface area contributed by atoms with Crippen LogP contribution in [-0.2, 0) is 5.41 Å². The van der Waals surface area contributed by atoms with E-state index < -0.39 is 0 Å². The van der Waals surface area contributed by atoms with Crippen molar-refractivity contribution in [3.63, 3.8) is 0 Å². The summed E-state index contributed by atoms with van der Waals surface area (Å²) in [7, 11) is 0. The smallest absolute Gasteiger partial charge is 0.319 e. The van der Waals surface area contributed by atoms with Crippen molar-refractivity contribution in [3.05, 3.63) is 59.1 Å². The van der Waals surface area contributed by atoms with Crippen LogP contribution >= 0.6 is 11.6 Å². The van der Waals surface area contributed by atoms with Crippen LogP contribution < -0.4 is 15.4 Å². The Balaban J connectivity index is 1.81. The van der Waals surface area contributed by atoms with Crippen LogP contribution in [0.3, 0.4) is 0 Å². The molecule has 0 aliphatic heterocycles. The lowest BCUT2D eigenvalue weighted by Gasteiger charge is -2.23. The minimum absolute atomic E-state index is 0.0401. The van der Waals surface area contributed by atoms with E-state index >= 15 is 0 Å². The molecular weight excluding hydrogens is 324 g/mol. The lowest BCUT2D eigenvalue weighted by molar-refractivity contribution is 0.247. The molecule has 2 rings (SSSR count). The molecule has 128 valence electrons. The van der Waals surface area contributed by atoms with Crippen LogP contribution in [0.25, 0.3) is 0 Å². The van der Waals surface area contributed by atoms with E-state index in [4.69, 9.17) is 16.3 Å². The third-order valence-electron chi connectivity index (χ3n) is 3.45. The van der Waals surface area contributed by atoms with Crippen LogP contribution in [0.5, 0.6) is 5.75 Å². The van der Waals surface area contributed by atoms with E-state index in [-0.39, 0.29) is 11.4 Å². The summed E-state index contributed by atoms with van der Waals surface area (Å²) in [5.41, 5.74) is 1.88. The highest BCUT2D eigenvalue weighted by Crippen LogP contribution is 2.29. The summed E-state index contributed by atoms with van der Waals surface area (Å²) in [5, 5.41) is 6.35. The highest BCUT2D eigenvalue weighted by Gasteiger charge is 2.18. The summed E-state index contributed by atoms with van der Waals surface area (Å²) in [4.78, 5) is 12.1. The van der Waals surface area contributed by atoms with Gasteiger partial charge < -0.3 is 15.4 Å². The molecule has 0 radical (unpaired) electrons. The molecule has 24 heavy (non-hydrogen) atoms. The third-order valence-corrected chi connectivity index (χ3v) is 3.71. The maximum atomic E-state index is 12.1. The number of amides is 2. The fourth-order valence-corrected chi connectivity index (χ4v) is 2.40. The largest absolute Gasteiger partial charge is 0.492 e. The van der Waals surface area contributed by atoms with E-state index in [9.17, 15) is 4.79 Å². The van der Waals surface area contributed by atoms with Crippen molar-refractivity contribution >= 4 is 23.3 Å². The second kappa shape index (κ2) is 8.06. The SMILES string of the molecule is CC(C)(C)c1ccccc1NC(=O)NCCOc1ccc(Cl)cc1. The molecule has 0 unspecified atom stereocenters. The second-order valence-electron chi connectivity index (χ2n) is 6.48. The van der Waals surface area contributed by atoms with Gasteiger partial charge in [-0.15, -0.1) is 0 Å². The number of anilines is 1. The molecule has 0 fully saturated rings. The number of carbonyl (C=O) groups excluding carboxylic acids is 1. The molecule has 0 heterocycles. The summed E-state index contributed by atoms with van der Waals surface area (Å²) in [6, 6.07) is 14.7. The lowest BCUT2D eigenvalue weighted by atomic mass is 9.86. The van der Waals surface area contributed by atoms with Crippen LogP contribution in [0, 0.1) is 0 Å². The van der Waals surface area contributed by atoms with Gasteiger partial charge in [0, 0.05) is 10.7 Å². The van der Waals surface area contributed by atoms with Gasteiger partial charge >= 0.3 is 6.03 Å². The number of urea groups is 1. The number of hydrogen-bond donors (Lipinski definition) is 2. The molecule has 5 heteroatoms. The van der Waals surface area contributed by atoms with E-state index in [0.717, 1.165) is 17.0 Å². The average molecular weight is 347 g/mol. The molecule has 0 aliphatic carbocycles. The number of nitrogens with one attached hydrogen (secondary N) is 2. The van der Waals surface area contributed by atoms with Crippen molar-refractivity contribution in [2.24, 2.45) is 0 Å². The highest BCUT2D eigenvalue weighted by molar-refractivity contribution is 6.30. The standard InChI is InChI=1S/C19H23ClN2O2/c1-19(2,3)16-6-4-5-7-17(16)22-18(23)21-12-13-24-15-10-8-14(20)9-11-15/h4-11H,12-13H2,1-3H3,(H2,21,22,23). The molecule has 0 spiro atoms. The number of para-hydroxylation sites is 1. The Hall–Kier alpha value is -2.20. The van der Waals surface area contributed by atoms with Gasteiger partial charge in [-0.1, -0.05) is 50.6 Å². The lowest BCUT2D eigenvalue weighted by Crippen LogP contribution is -2.33. The topological polar surface area (TPSA) is 50.4 Å². The van der Waals surface area contributed by atoms with Gasteiger partial charge in [-0.2, -0.15) is 0 Å². The van der Waals surface area contributed by atoms with Crippen molar-refractivity contribution in [1.82, 2.24) is 5.32 Å². The molecule has 0 atom stereocenters. The number of benzene rings is 2. The summed E-state index contributed by atoms with van der Waals surface area (Å²) >= 11 is 5.82. The Morgan fingerprint density at radius 1 is 1.08 bits per heavy atom. The monoisotopic (exact) mass is 346 g/mol. The van der Waals surface area contributed by atoms with E-state index in [1.165, 1.54) is 0 Å². The molecule has 4 nitrogen and oxygen atoms in total. The molecule has 0 aliphatic rings. The molecule has 2 aromatic carbocycles. The average Bonchev–Trinajstić information content (AvgIpc) is 2.53. The molecule has 0 saturated carbocycles. The zero-order chi connectivity index (χ0) is 17.6. The van der Waals surface area contributed by atoms with Gasteiger partial charge in [-0.3, -0.25) is 0 Å². The van der Waals surface area contributed by atoms with Crippen LogP contribution in [-0.4, -0.2) is 19.2 Å². The van der Waals surface area contributed by atoms with Crippen LogP contribution in [0.2, 0.25) is 5.02 Å². The van der Waals surface area contributed by atoms with Crippen molar-refractivity contribution in [3.8, 4) is 5.75 Å². The fraction of sp³-hybridized carbons (Fsp3) is 0.316. The van der Waals surface area contributed by atoms with Crippen molar-refractivity contribution in [1.29, 1.82) is 0 Å². The Labute approximate surface area is 148 Å². The first-order chi connectivity index (χ1) is 11.4. The molecule has 0 aromatic heterocycles. The summed E-state index contributed by atoms with van der Waals surface area (Å²) < 4.78 is 5.54. The molecule has 0 saturated heterocycles. The number of carbonyl (C=O) groups is 1. The second-order valence-corrected chi connectivity index (χ2v) is 6.92. The van der Waals surface area contributed by atoms with Crippen molar-refractivity contribution in [2.45, 2.75) is 26.2 Å². The summed E-state index contributed by atoms with van der Waals surface area (Å²) in [5.74, 6) is 0.722. The zero-order valence-corrected chi connectivity index (χ0v) is 15.0. The van der Waals surface area contributed by atoms with Gasteiger partial charge in [0.2, 0.25) is 0 Å². The minimum atomic E-state index is -0.244. The van der Waals surface area contributed by atoms with Gasteiger partial charge in [0.05, 0.1) is 6.54 Å². The van der Waals surface area contributed by atoms with E-state index in [1.807, 2.05) is 24.3 Å². The Kier molecular flexibility index (Phi) is 6.10. The van der Waals surface area contributed by atoms with Gasteiger partial charge in [-0.25, -0.2) is 4.79 Å². The Morgan fingerprint density at radius 3 is 2.42 bits per heavy atom. The van der Waals surface area contributed by atoms with Crippen LogP contribution in [0.15, 0.2) is 48.5 Å². The predicted octanol–water partition coefficient (Wildman–Crippen LogP) is 4.84. The van der Waals surface area contributed by atoms with Crippen LogP contribution in [0.1, 0.15) is 26.3 Å².